The summed E-state index contributed by atoms with van der Waals surface area (Å²) in [6, 6.07) is 0. The fourth-order valence-electron chi connectivity index (χ4n) is 1.54. The van der Waals surface area contributed by atoms with E-state index in [0.29, 0.717) is 6.17 Å². The molecule has 1 atom stereocenters. The Kier molecular flexibility index (Phi) is 2.90. The molecule has 0 bridgehead atoms. The average Bonchev–Trinajstić information content (AvgIpc) is 2.36. The Hall–Kier alpha value is -0.340. The summed E-state index contributed by atoms with van der Waals surface area (Å²) in [5.41, 5.74) is 0. The topological polar surface area (TPSA) is 15.3 Å². The molecule has 0 aliphatic carbocycles. The predicted octanol–water partition coefficient (Wildman–Crippen LogP) is 0.814. The Bertz CT molecular complexity index is 112. The molecule has 2 heteroatoms. The molecule has 58 valence electrons. The third-order valence-electron chi connectivity index (χ3n) is 2.06. The summed E-state index contributed by atoms with van der Waals surface area (Å²) in [6.07, 6.45) is 5.16. The molecule has 2 nitrogen and oxygen atoms in total. The van der Waals surface area contributed by atoms with Gasteiger partial charge in [0.25, 0.3) is 0 Å². The monoisotopic (exact) mass is 140 g/mol. The number of nitrogens with one attached hydrogen (secondary N) is 1. The van der Waals surface area contributed by atoms with E-state index in [4.69, 9.17) is 0 Å². The lowest BCUT2D eigenvalue weighted by Crippen LogP contribution is -2.38. The van der Waals surface area contributed by atoms with Crippen LogP contribution in [0.25, 0.3) is 0 Å². The second-order valence-corrected chi connectivity index (χ2v) is 2.73. The summed E-state index contributed by atoms with van der Waals surface area (Å²) in [6.45, 7) is 5.96. The summed E-state index contributed by atoms with van der Waals surface area (Å²) >= 11 is 0. The van der Waals surface area contributed by atoms with Gasteiger partial charge in [0, 0.05) is 13.1 Å². The van der Waals surface area contributed by atoms with Gasteiger partial charge < -0.3 is 5.32 Å². The van der Waals surface area contributed by atoms with Gasteiger partial charge in [0.2, 0.25) is 0 Å². The molecule has 1 saturated heterocycles. The SMILES string of the molecule is C=CCN1CCC[C@H]1NC. The minimum Gasteiger partial charge on any atom is -0.305 e. The maximum atomic E-state index is 3.72. The van der Waals surface area contributed by atoms with Crippen LogP contribution in [0.3, 0.4) is 0 Å². The van der Waals surface area contributed by atoms with E-state index in [0.717, 1.165) is 6.54 Å². The van der Waals surface area contributed by atoms with E-state index in [1.165, 1.54) is 19.4 Å². The molecule has 0 radical (unpaired) electrons. The summed E-state index contributed by atoms with van der Waals surface area (Å²) in [5.74, 6) is 0. The summed E-state index contributed by atoms with van der Waals surface area (Å²) in [5, 5.41) is 3.28. The third kappa shape index (κ3) is 1.58. The van der Waals surface area contributed by atoms with Crippen LogP contribution in [0, 0.1) is 0 Å². The van der Waals surface area contributed by atoms with Crippen molar-refractivity contribution in [3.8, 4) is 0 Å². The normalized spacial score (nSPS) is 27.1. The smallest absolute Gasteiger partial charge is 0.0597 e. The van der Waals surface area contributed by atoms with E-state index >= 15 is 0 Å². The molecule has 1 heterocycles. The fraction of sp³-hybridized carbons (Fsp3) is 0.750. The van der Waals surface area contributed by atoms with Crippen molar-refractivity contribution in [2.75, 3.05) is 20.1 Å². The highest BCUT2D eigenvalue weighted by molar-refractivity contribution is 4.82. The number of hydrogen-bond acceptors (Lipinski definition) is 2. The molecular weight excluding hydrogens is 124 g/mol. The Morgan fingerprint density at radius 3 is 3.20 bits per heavy atom. The molecule has 0 saturated carbocycles. The number of hydrogen-bond donors (Lipinski definition) is 1. The Balaban J connectivity index is 2.34. The Morgan fingerprint density at radius 2 is 2.60 bits per heavy atom. The van der Waals surface area contributed by atoms with Gasteiger partial charge in [-0.2, -0.15) is 0 Å². The highest BCUT2D eigenvalue weighted by Crippen LogP contribution is 2.13. The van der Waals surface area contributed by atoms with E-state index in [9.17, 15) is 0 Å². The first kappa shape index (κ1) is 7.76. The van der Waals surface area contributed by atoms with Gasteiger partial charge in [-0.25, -0.2) is 0 Å². The van der Waals surface area contributed by atoms with Crippen LogP contribution >= 0.6 is 0 Å². The average molecular weight is 140 g/mol. The zero-order chi connectivity index (χ0) is 7.40. The summed E-state index contributed by atoms with van der Waals surface area (Å²) in [4.78, 5) is 2.41. The van der Waals surface area contributed by atoms with E-state index in [-0.39, 0.29) is 0 Å². The van der Waals surface area contributed by atoms with Crippen molar-refractivity contribution in [1.82, 2.24) is 10.2 Å². The van der Waals surface area contributed by atoms with Gasteiger partial charge in [0.1, 0.15) is 0 Å². The van der Waals surface area contributed by atoms with Crippen LogP contribution in [-0.2, 0) is 0 Å². The molecule has 1 aliphatic heterocycles. The summed E-state index contributed by atoms with van der Waals surface area (Å²) < 4.78 is 0. The van der Waals surface area contributed by atoms with Gasteiger partial charge in [-0.05, 0) is 19.9 Å². The molecule has 0 unspecified atom stereocenters. The van der Waals surface area contributed by atoms with Gasteiger partial charge in [-0.3, -0.25) is 4.90 Å². The second kappa shape index (κ2) is 3.74. The van der Waals surface area contributed by atoms with Gasteiger partial charge >= 0.3 is 0 Å². The minimum absolute atomic E-state index is 0.595. The van der Waals surface area contributed by atoms with Crippen LogP contribution < -0.4 is 5.32 Å². The first-order valence-electron chi connectivity index (χ1n) is 3.90. The maximum Gasteiger partial charge on any atom is 0.0597 e. The van der Waals surface area contributed by atoms with Crippen molar-refractivity contribution in [2.24, 2.45) is 0 Å². The second-order valence-electron chi connectivity index (χ2n) is 2.73. The lowest BCUT2D eigenvalue weighted by Gasteiger charge is -2.21. The molecule has 1 rings (SSSR count). The molecule has 0 amide bonds. The van der Waals surface area contributed by atoms with Crippen molar-refractivity contribution in [2.45, 2.75) is 19.0 Å². The van der Waals surface area contributed by atoms with Crippen molar-refractivity contribution in [3.63, 3.8) is 0 Å². The first-order chi connectivity index (χ1) is 4.88. The predicted molar refractivity (Wildman–Crippen MR) is 43.9 cm³/mol. The lowest BCUT2D eigenvalue weighted by molar-refractivity contribution is 0.252. The zero-order valence-corrected chi connectivity index (χ0v) is 6.64. The number of likely N-dealkylation sites (tertiary alicyclic amines) is 1. The highest BCUT2D eigenvalue weighted by atomic mass is 15.3. The summed E-state index contributed by atoms with van der Waals surface area (Å²) in [7, 11) is 2.02. The van der Waals surface area contributed by atoms with Crippen molar-refractivity contribution in [1.29, 1.82) is 0 Å². The maximum absolute atomic E-state index is 3.72. The van der Waals surface area contributed by atoms with Gasteiger partial charge in [-0.1, -0.05) is 6.08 Å². The van der Waals surface area contributed by atoms with E-state index in [1.807, 2.05) is 13.1 Å². The van der Waals surface area contributed by atoms with E-state index in [1.54, 1.807) is 0 Å². The highest BCUT2D eigenvalue weighted by Gasteiger charge is 2.20. The molecule has 0 spiro atoms. The van der Waals surface area contributed by atoms with Crippen LogP contribution in [0.5, 0.6) is 0 Å². The third-order valence-corrected chi connectivity index (χ3v) is 2.06. The fourth-order valence-corrected chi connectivity index (χ4v) is 1.54. The van der Waals surface area contributed by atoms with Crippen LogP contribution in [-0.4, -0.2) is 31.2 Å². The Morgan fingerprint density at radius 1 is 1.80 bits per heavy atom. The molecule has 0 aromatic carbocycles. The van der Waals surface area contributed by atoms with E-state index < -0.39 is 0 Å². The first-order valence-corrected chi connectivity index (χ1v) is 3.90. The van der Waals surface area contributed by atoms with Crippen LogP contribution in [0.2, 0.25) is 0 Å². The molecule has 1 fully saturated rings. The molecule has 1 aliphatic rings. The van der Waals surface area contributed by atoms with Crippen LogP contribution in [0.1, 0.15) is 12.8 Å². The quantitative estimate of drug-likeness (QED) is 0.584. The molecule has 0 aromatic heterocycles. The van der Waals surface area contributed by atoms with Crippen molar-refractivity contribution in [3.05, 3.63) is 12.7 Å². The number of rotatable bonds is 3. The van der Waals surface area contributed by atoms with Crippen LogP contribution in [0.15, 0.2) is 12.7 Å². The molecule has 0 aromatic rings. The lowest BCUT2D eigenvalue weighted by atomic mass is 10.3. The van der Waals surface area contributed by atoms with Gasteiger partial charge in [0.05, 0.1) is 6.17 Å². The number of nitrogens with zero attached hydrogens (tertiary/aromatic N) is 1. The molecule has 1 N–H and O–H groups in total. The van der Waals surface area contributed by atoms with Crippen molar-refractivity contribution < 1.29 is 0 Å². The van der Waals surface area contributed by atoms with Crippen molar-refractivity contribution >= 4 is 0 Å². The standard InChI is InChI=1S/C8H16N2/c1-3-6-10-7-4-5-8(10)9-2/h3,8-9H,1,4-7H2,2H3/t8-/m0/s1. The minimum atomic E-state index is 0.595. The van der Waals surface area contributed by atoms with Gasteiger partial charge in [-0.15, -0.1) is 6.58 Å². The molecular formula is C8H16N2. The van der Waals surface area contributed by atoms with Gasteiger partial charge in [0.15, 0.2) is 0 Å². The van der Waals surface area contributed by atoms with E-state index in [2.05, 4.69) is 16.8 Å². The largest absolute Gasteiger partial charge is 0.305 e. The Labute approximate surface area is 62.9 Å². The molecule has 10 heavy (non-hydrogen) atoms. The zero-order valence-electron chi connectivity index (χ0n) is 6.64. The van der Waals surface area contributed by atoms with Crippen LogP contribution in [0.4, 0.5) is 0 Å².